The van der Waals surface area contributed by atoms with Gasteiger partial charge < -0.3 is 42.6 Å². The molecule has 3 heterocycles. The number of hydrogen-bond acceptors (Lipinski definition) is 15. The van der Waals surface area contributed by atoms with Gasteiger partial charge in [-0.25, -0.2) is 14.8 Å². The van der Waals surface area contributed by atoms with E-state index in [4.69, 9.17) is 26.7 Å². The van der Waals surface area contributed by atoms with Gasteiger partial charge in [0.15, 0.2) is 17.0 Å². The molecule has 0 aliphatic carbocycles. The van der Waals surface area contributed by atoms with Crippen LogP contribution in [0, 0.1) is 5.92 Å². The molecule has 1 aliphatic rings. The monoisotopic (exact) mass is 864 g/mol. The van der Waals surface area contributed by atoms with Crippen molar-refractivity contribution in [1.82, 2.24) is 46.7 Å². The normalized spacial score (nSPS) is 15.6. The maximum atomic E-state index is 13.3. The van der Waals surface area contributed by atoms with Crippen molar-refractivity contribution in [2.24, 2.45) is 11.7 Å². The standard InChI is InChI=1S/C39H52N12O9S/c1-19(2)28(47-38(58)60-39(4,5)6)35(56)44-20(3)33(54)46-27-15-14-25(31(41)53)61(27)16-8-9-24(36(57)59-7)21-10-12-22(13-11-21)34(55)51-50-26(52)17-23-18-43-32-29(45-23)30(40)48-37(42)49-32/h10-15,18-20,24,28,61H,8-9,16-17H2,1-7H3,(H2,41,53)(H,44,56)(H,46,54)(H,47,58)(H,50,52)(H,51,55)(H4,40,42,43,48,49)/t20-,24-,28-/m0/s1. The molecule has 4 rings (SSSR count). The molecule has 0 spiro atoms. The van der Waals surface area contributed by atoms with E-state index >= 15 is 0 Å². The molecule has 1 aromatic carbocycles. The molecule has 6 amide bonds. The minimum Gasteiger partial charge on any atom is -0.469 e. The number of methoxy groups -OCH3 is 1. The molecule has 21 nitrogen and oxygen atoms in total. The summed E-state index contributed by atoms with van der Waals surface area (Å²) in [4.78, 5) is 106. The molecule has 1 unspecified atom stereocenters. The van der Waals surface area contributed by atoms with Crippen molar-refractivity contribution in [3.05, 3.63) is 69.4 Å². The number of esters is 1. The lowest BCUT2D eigenvalue weighted by Gasteiger charge is -2.27. The number of hydrazine groups is 1. The number of nitrogens with zero attached hydrogens (tertiary/aromatic N) is 4. The van der Waals surface area contributed by atoms with Gasteiger partial charge in [-0.1, -0.05) is 26.0 Å². The van der Waals surface area contributed by atoms with Gasteiger partial charge in [0.25, 0.3) is 11.8 Å². The topological polar surface area (TPSA) is 328 Å². The van der Waals surface area contributed by atoms with Crippen LogP contribution in [0.5, 0.6) is 0 Å². The lowest BCUT2D eigenvalue weighted by molar-refractivity contribution is -0.142. The van der Waals surface area contributed by atoms with Gasteiger partial charge in [0, 0.05) is 5.56 Å². The van der Waals surface area contributed by atoms with E-state index in [2.05, 4.69) is 46.7 Å². The maximum absolute atomic E-state index is 13.3. The van der Waals surface area contributed by atoms with Crippen LogP contribution in [0.15, 0.2) is 52.5 Å². The molecule has 1 aliphatic heterocycles. The molecule has 0 fully saturated rings. The summed E-state index contributed by atoms with van der Waals surface area (Å²) in [5.74, 6) is -4.35. The van der Waals surface area contributed by atoms with E-state index in [0.717, 1.165) is 0 Å². The molecule has 11 N–H and O–H groups in total. The van der Waals surface area contributed by atoms with Crippen molar-refractivity contribution in [3.8, 4) is 0 Å². The van der Waals surface area contributed by atoms with Crippen LogP contribution in [0.25, 0.3) is 11.2 Å². The quantitative estimate of drug-likeness (QED) is 0.0552. The third-order valence-electron chi connectivity index (χ3n) is 8.95. The highest BCUT2D eigenvalue weighted by atomic mass is 32.2. The first-order chi connectivity index (χ1) is 28.7. The number of anilines is 2. The van der Waals surface area contributed by atoms with E-state index in [0.29, 0.717) is 27.7 Å². The highest BCUT2D eigenvalue weighted by molar-refractivity contribution is 8.24. The molecule has 61 heavy (non-hydrogen) atoms. The average molecular weight is 865 g/mol. The van der Waals surface area contributed by atoms with Gasteiger partial charge in [0.05, 0.1) is 41.3 Å². The molecule has 4 atom stereocenters. The molecular formula is C39H52N12O9S. The molecular weight excluding hydrogens is 813 g/mol. The number of nitrogens with two attached hydrogens (primary N) is 3. The van der Waals surface area contributed by atoms with Crippen LogP contribution in [-0.2, 0) is 39.9 Å². The zero-order valence-corrected chi connectivity index (χ0v) is 35.7. The van der Waals surface area contributed by atoms with Gasteiger partial charge in [-0.2, -0.15) is 20.9 Å². The number of ether oxygens (including phenoxy) is 2. The van der Waals surface area contributed by atoms with Gasteiger partial charge in [0.1, 0.15) is 17.7 Å². The van der Waals surface area contributed by atoms with E-state index in [1.807, 2.05) is 0 Å². The summed E-state index contributed by atoms with van der Waals surface area (Å²) in [6, 6.07) is 4.13. The number of fused-ring (bicyclic) bond motifs is 1. The van der Waals surface area contributed by atoms with Gasteiger partial charge in [-0.05, 0) is 82.1 Å². The van der Waals surface area contributed by atoms with Crippen molar-refractivity contribution in [3.63, 3.8) is 0 Å². The summed E-state index contributed by atoms with van der Waals surface area (Å²) in [5, 5.41) is 8.43. The Kier molecular flexibility index (Phi) is 15.7. The number of alkyl carbamates (subject to hydrolysis) is 1. The molecule has 0 saturated heterocycles. The second-order valence-electron chi connectivity index (χ2n) is 15.2. The first kappa shape index (κ1) is 46.8. The number of thiol groups is 1. The summed E-state index contributed by atoms with van der Waals surface area (Å²) >= 11 is 0. The number of amides is 6. The van der Waals surface area contributed by atoms with Crippen molar-refractivity contribution in [2.75, 3.05) is 24.3 Å². The molecule has 328 valence electrons. The number of nitrogen functional groups attached to an aromatic ring is 2. The smallest absolute Gasteiger partial charge is 0.408 e. The Balaban J connectivity index is 1.33. The number of primary amides is 1. The predicted octanol–water partition coefficient (Wildman–Crippen LogP) is 1.02. The van der Waals surface area contributed by atoms with Crippen LogP contribution in [0.2, 0.25) is 0 Å². The summed E-state index contributed by atoms with van der Waals surface area (Å²) in [6.07, 6.45) is 4.10. The van der Waals surface area contributed by atoms with E-state index in [-0.39, 0.29) is 52.9 Å². The highest BCUT2D eigenvalue weighted by Gasteiger charge is 2.31. The number of carbonyl (C=O) groups is 7. The van der Waals surface area contributed by atoms with Crippen molar-refractivity contribution < 1.29 is 43.0 Å². The van der Waals surface area contributed by atoms with Crippen LogP contribution in [0.3, 0.4) is 0 Å². The largest absolute Gasteiger partial charge is 0.469 e. The van der Waals surface area contributed by atoms with Gasteiger partial charge in [-0.3, -0.25) is 39.6 Å². The third kappa shape index (κ3) is 13.1. The Morgan fingerprint density at radius 3 is 2.20 bits per heavy atom. The number of nitrogens with one attached hydrogen (secondary N) is 5. The maximum Gasteiger partial charge on any atom is 0.408 e. The Morgan fingerprint density at radius 2 is 1.57 bits per heavy atom. The summed E-state index contributed by atoms with van der Waals surface area (Å²) in [5.41, 5.74) is 22.3. The first-order valence-electron chi connectivity index (χ1n) is 19.1. The fourth-order valence-corrected chi connectivity index (χ4v) is 8.22. The summed E-state index contributed by atoms with van der Waals surface area (Å²) < 4.78 is 10.4. The second-order valence-corrected chi connectivity index (χ2v) is 17.5. The molecule has 0 radical (unpaired) electrons. The third-order valence-corrected chi connectivity index (χ3v) is 11.5. The lowest BCUT2D eigenvalue weighted by atomic mass is 9.94. The van der Waals surface area contributed by atoms with E-state index in [1.165, 1.54) is 38.4 Å². The molecule has 2 aromatic heterocycles. The number of benzene rings is 1. The van der Waals surface area contributed by atoms with Crippen molar-refractivity contribution >= 4 is 75.4 Å². The number of rotatable bonds is 16. The average Bonchev–Trinajstić information content (AvgIpc) is 3.58. The Morgan fingerprint density at radius 1 is 0.885 bits per heavy atom. The molecule has 0 bridgehead atoms. The summed E-state index contributed by atoms with van der Waals surface area (Å²) in [6.45, 7) is 10.0. The number of allylic oxidation sites excluding steroid dienone is 2. The Hall–Kier alpha value is -6.84. The van der Waals surface area contributed by atoms with E-state index in [9.17, 15) is 33.6 Å². The zero-order chi connectivity index (χ0) is 45.2. The predicted molar refractivity (Wildman–Crippen MR) is 227 cm³/mol. The minimum absolute atomic E-state index is 0.00361. The van der Waals surface area contributed by atoms with Crippen LogP contribution in [-0.4, -0.2) is 92.1 Å². The van der Waals surface area contributed by atoms with Crippen molar-refractivity contribution in [2.45, 2.75) is 84.4 Å². The number of aromatic nitrogens is 4. The van der Waals surface area contributed by atoms with Crippen LogP contribution >= 0.6 is 10.9 Å². The van der Waals surface area contributed by atoms with E-state index in [1.54, 1.807) is 52.8 Å². The molecule has 3 aromatic rings. The first-order valence-corrected chi connectivity index (χ1v) is 20.6. The zero-order valence-electron chi connectivity index (χ0n) is 34.8. The second kappa shape index (κ2) is 20.4. The fourth-order valence-electron chi connectivity index (χ4n) is 5.96. The summed E-state index contributed by atoms with van der Waals surface area (Å²) in [7, 11) is -0.190. The Bertz CT molecular complexity index is 2240. The van der Waals surface area contributed by atoms with E-state index < -0.39 is 76.1 Å². The number of carbonyl (C=O) groups excluding carboxylic acids is 7. The molecule has 0 saturated carbocycles. The Labute approximate surface area is 354 Å². The van der Waals surface area contributed by atoms with Gasteiger partial charge in [-0.15, -0.1) is 0 Å². The van der Waals surface area contributed by atoms with Crippen LogP contribution in [0.4, 0.5) is 16.6 Å². The minimum atomic E-state index is -1.44. The van der Waals surface area contributed by atoms with Crippen molar-refractivity contribution in [1.29, 1.82) is 0 Å². The van der Waals surface area contributed by atoms with Gasteiger partial charge >= 0.3 is 12.1 Å². The lowest BCUT2D eigenvalue weighted by Crippen LogP contribution is -2.55. The fraction of sp³-hybridized carbons (Fsp3) is 0.410. The number of hydrogen-bond donors (Lipinski definition) is 9. The van der Waals surface area contributed by atoms with Crippen LogP contribution < -0.4 is 44.0 Å². The SMILES string of the molecule is COC(=O)[C@@H](CCC[SH]1C(NC(=O)[C@H](C)NC(=O)[C@@H](NC(=O)OC(C)(C)C)C(C)C)=CC=C1C(N)=O)c1ccc(C(=O)NNC(=O)Cc2cnc3nc(N)nc(N)c3n2)cc1. The molecule has 22 heteroatoms. The van der Waals surface area contributed by atoms with Crippen LogP contribution in [0.1, 0.15) is 81.9 Å². The van der Waals surface area contributed by atoms with Gasteiger partial charge in [0.2, 0.25) is 23.7 Å². The highest BCUT2D eigenvalue weighted by Crippen LogP contribution is 2.47.